The molecule has 0 aliphatic carbocycles. The number of benzene rings is 1. The molecular formula is C19H23N3O3S. The van der Waals surface area contributed by atoms with Crippen LogP contribution in [0.25, 0.3) is 0 Å². The van der Waals surface area contributed by atoms with Crippen molar-refractivity contribution < 1.29 is 13.2 Å². The predicted octanol–water partition coefficient (Wildman–Crippen LogP) is 2.61. The van der Waals surface area contributed by atoms with E-state index >= 15 is 0 Å². The first-order valence-corrected chi connectivity index (χ1v) is 10.5. The maximum absolute atomic E-state index is 12.4. The summed E-state index contributed by atoms with van der Waals surface area (Å²) in [5.41, 5.74) is 3.75. The number of hydrogen-bond donors (Lipinski definition) is 2. The molecule has 1 atom stereocenters. The zero-order valence-corrected chi connectivity index (χ0v) is 15.8. The average Bonchev–Trinajstić information content (AvgIpc) is 2.95. The highest BCUT2D eigenvalue weighted by Gasteiger charge is 2.29. The van der Waals surface area contributed by atoms with E-state index in [4.69, 9.17) is 0 Å². The number of sulfone groups is 1. The van der Waals surface area contributed by atoms with Crippen LogP contribution >= 0.6 is 0 Å². The van der Waals surface area contributed by atoms with E-state index in [1.165, 1.54) is 5.56 Å². The molecule has 26 heavy (non-hydrogen) atoms. The van der Waals surface area contributed by atoms with E-state index < -0.39 is 9.84 Å². The van der Waals surface area contributed by atoms with E-state index in [2.05, 4.69) is 28.6 Å². The molecule has 0 radical (unpaired) electrons. The number of carbonyl (C=O) groups excluding carboxylic acids is 1. The van der Waals surface area contributed by atoms with Gasteiger partial charge in [-0.2, -0.15) is 0 Å². The molecule has 1 amide bonds. The second kappa shape index (κ2) is 7.45. The predicted molar refractivity (Wildman–Crippen MR) is 103 cm³/mol. The topological polar surface area (TPSA) is 88.2 Å². The molecule has 3 rings (SSSR count). The smallest absolute Gasteiger partial charge is 0.251 e. The van der Waals surface area contributed by atoms with Gasteiger partial charge in [0, 0.05) is 23.5 Å². The Morgan fingerprint density at radius 1 is 1.31 bits per heavy atom. The van der Waals surface area contributed by atoms with Crippen molar-refractivity contribution in [2.24, 2.45) is 0 Å². The lowest BCUT2D eigenvalue weighted by atomic mass is 10.1. The Morgan fingerprint density at radius 2 is 2.12 bits per heavy atom. The van der Waals surface area contributed by atoms with Gasteiger partial charge < -0.3 is 10.6 Å². The third kappa shape index (κ3) is 4.22. The molecule has 7 heteroatoms. The van der Waals surface area contributed by atoms with Gasteiger partial charge in [-0.25, -0.2) is 13.4 Å². The molecule has 0 bridgehead atoms. The normalized spacial score (nSPS) is 18.5. The number of carbonyl (C=O) groups is 1. The van der Waals surface area contributed by atoms with Gasteiger partial charge in [-0.15, -0.1) is 0 Å². The fourth-order valence-electron chi connectivity index (χ4n) is 3.15. The molecule has 1 aliphatic rings. The number of aromatic nitrogens is 1. The highest BCUT2D eigenvalue weighted by Crippen LogP contribution is 2.25. The van der Waals surface area contributed by atoms with Crippen LogP contribution in [0.1, 0.15) is 34.8 Å². The van der Waals surface area contributed by atoms with Gasteiger partial charge in [-0.05, 0) is 43.0 Å². The van der Waals surface area contributed by atoms with Crippen LogP contribution in [0.2, 0.25) is 0 Å². The van der Waals surface area contributed by atoms with Gasteiger partial charge in [0.2, 0.25) is 0 Å². The minimum Gasteiger partial charge on any atom is -0.348 e. The molecule has 1 fully saturated rings. The Kier molecular flexibility index (Phi) is 5.27. The number of anilines is 2. The van der Waals surface area contributed by atoms with Crippen molar-refractivity contribution in [1.82, 2.24) is 10.3 Å². The number of nitrogens with zero attached hydrogens (tertiary/aromatic N) is 1. The third-order valence-corrected chi connectivity index (χ3v) is 6.35. The van der Waals surface area contributed by atoms with Gasteiger partial charge in [0.25, 0.3) is 5.91 Å². The maximum Gasteiger partial charge on any atom is 0.251 e. The number of hydrogen-bond acceptors (Lipinski definition) is 5. The van der Waals surface area contributed by atoms with Crippen LogP contribution in [0, 0.1) is 6.92 Å². The molecule has 1 unspecified atom stereocenters. The summed E-state index contributed by atoms with van der Waals surface area (Å²) in [7, 11) is -3.02. The van der Waals surface area contributed by atoms with Crippen molar-refractivity contribution in [3.05, 3.63) is 53.2 Å². The van der Waals surface area contributed by atoms with Gasteiger partial charge in [-0.3, -0.25) is 4.79 Å². The Bertz CT molecular complexity index is 925. The maximum atomic E-state index is 12.4. The third-order valence-electron chi connectivity index (χ3n) is 4.58. The second-order valence-corrected chi connectivity index (χ2v) is 8.82. The molecule has 1 aromatic heterocycles. The summed E-state index contributed by atoms with van der Waals surface area (Å²) in [6, 6.07) is 9.10. The minimum absolute atomic E-state index is 0.0119. The number of aryl methyl sites for hydroxylation is 2. The summed E-state index contributed by atoms with van der Waals surface area (Å²) in [5.74, 6) is 0.449. The van der Waals surface area contributed by atoms with Crippen molar-refractivity contribution in [2.75, 3.05) is 16.8 Å². The van der Waals surface area contributed by atoms with Gasteiger partial charge in [0.15, 0.2) is 9.84 Å². The fraction of sp³-hybridized carbons (Fsp3) is 0.368. The Morgan fingerprint density at radius 3 is 2.81 bits per heavy atom. The van der Waals surface area contributed by atoms with Gasteiger partial charge in [-0.1, -0.05) is 25.1 Å². The van der Waals surface area contributed by atoms with E-state index in [0.717, 1.165) is 17.7 Å². The molecule has 1 saturated heterocycles. The summed E-state index contributed by atoms with van der Waals surface area (Å²) in [5, 5.41) is 6.11. The quantitative estimate of drug-likeness (QED) is 0.841. The lowest BCUT2D eigenvalue weighted by Gasteiger charge is -2.15. The van der Waals surface area contributed by atoms with E-state index in [0.29, 0.717) is 17.8 Å². The number of nitrogens with one attached hydrogen (secondary N) is 2. The van der Waals surface area contributed by atoms with Crippen molar-refractivity contribution >= 4 is 27.2 Å². The van der Waals surface area contributed by atoms with E-state index in [-0.39, 0.29) is 23.5 Å². The largest absolute Gasteiger partial charge is 0.348 e. The molecule has 0 saturated carbocycles. The SMILES string of the molecule is CCc1cccc(C)c1Nc1cc(C(=O)NC2CCS(=O)(=O)C2)ccn1. The Hall–Kier alpha value is -2.41. The van der Waals surface area contributed by atoms with Crippen LogP contribution < -0.4 is 10.6 Å². The molecule has 6 nitrogen and oxygen atoms in total. The van der Waals surface area contributed by atoms with Crippen molar-refractivity contribution in [3.8, 4) is 0 Å². The number of amides is 1. The van der Waals surface area contributed by atoms with Crippen LogP contribution in [-0.4, -0.2) is 36.9 Å². The van der Waals surface area contributed by atoms with Crippen LogP contribution in [-0.2, 0) is 16.3 Å². The van der Waals surface area contributed by atoms with Crippen LogP contribution in [0.3, 0.4) is 0 Å². The first-order valence-electron chi connectivity index (χ1n) is 8.71. The number of rotatable bonds is 5. The molecule has 2 N–H and O–H groups in total. The molecular weight excluding hydrogens is 350 g/mol. The Labute approximate surface area is 154 Å². The minimum atomic E-state index is -3.02. The molecule has 138 valence electrons. The number of pyridine rings is 1. The first kappa shape index (κ1) is 18.4. The van der Waals surface area contributed by atoms with Crippen molar-refractivity contribution in [2.45, 2.75) is 32.7 Å². The van der Waals surface area contributed by atoms with E-state index in [1.54, 1.807) is 18.3 Å². The highest BCUT2D eigenvalue weighted by molar-refractivity contribution is 7.91. The zero-order valence-electron chi connectivity index (χ0n) is 15.0. The van der Waals surface area contributed by atoms with Gasteiger partial charge in [0.1, 0.15) is 5.82 Å². The first-order chi connectivity index (χ1) is 12.4. The van der Waals surface area contributed by atoms with Crippen LogP contribution in [0.5, 0.6) is 0 Å². The molecule has 2 heterocycles. The highest BCUT2D eigenvalue weighted by atomic mass is 32.2. The summed E-state index contributed by atoms with van der Waals surface area (Å²) >= 11 is 0. The molecule has 1 aromatic carbocycles. The Balaban J connectivity index is 1.75. The summed E-state index contributed by atoms with van der Waals surface area (Å²) < 4.78 is 23.1. The van der Waals surface area contributed by atoms with E-state index in [1.807, 2.05) is 19.1 Å². The lowest BCUT2D eigenvalue weighted by molar-refractivity contribution is 0.0941. The monoisotopic (exact) mass is 373 g/mol. The summed E-state index contributed by atoms with van der Waals surface area (Å²) in [4.78, 5) is 16.7. The molecule has 0 spiro atoms. The lowest BCUT2D eigenvalue weighted by Crippen LogP contribution is -2.35. The van der Waals surface area contributed by atoms with Gasteiger partial charge in [0.05, 0.1) is 11.5 Å². The van der Waals surface area contributed by atoms with E-state index in [9.17, 15) is 13.2 Å². The molecule has 1 aliphatic heterocycles. The zero-order chi connectivity index (χ0) is 18.7. The number of para-hydroxylation sites is 1. The standard InChI is InChI=1S/C19H23N3O3S/c1-3-14-6-4-5-13(2)18(14)22-17-11-15(7-9-20-17)19(23)21-16-8-10-26(24,25)12-16/h4-7,9,11,16H,3,8,10,12H2,1-2H3,(H,20,22)(H,21,23). The van der Waals surface area contributed by atoms with Crippen LogP contribution in [0.15, 0.2) is 36.5 Å². The second-order valence-electron chi connectivity index (χ2n) is 6.59. The summed E-state index contributed by atoms with van der Waals surface area (Å²) in [6.07, 6.45) is 2.93. The summed E-state index contributed by atoms with van der Waals surface area (Å²) in [6.45, 7) is 4.12. The van der Waals surface area contributed by atoms with Crippen molar-refractivity contribution in [3.63, 3.8) is 0 Å². The van der Waals surface area contributed by atoms with Crippen molar-refractivity contribution in [1.29, 1.82) is 0 Å². The molecule has 2 aromatic rings. The fourth-order valence-corrected chi connectivity index (χ4v) is 4.82. The van der Waals surface area contributed by atoms with Gasteiger partial charge >= 0.3 is 0 Å². The van der Waals surface area contributed by atoms with Crippen LogP contribution in [0.4, 0.5) is 11.5 Å². The average molecular weight is 373 g/mol.